The van der Waals surface area contributed by atoms with Crippen LogP contribution in [0.15, 0.2) is 29.2 Å². The van der Waals surface area contributed by atoms with Gasteiger partial charge in [-0.2, -0.15) is 8.42 Å². The van der Waals surface area contributed by atoms with Gasteiger partial charge < -0.3 is 9.47 Å². The molecule has 5 nitrogen and oxygen atoms in total. The maximum absolute atomic E-state index is 11.7. The van der Waals surface area contributed by atoms with Crippen LogP contribution in [-0.4, -0.2) is 42.0 Å². The van der Waals surface area contributed by atoms with E-state index >= 15 is 0 Å². The van der Waals surface area contributed by atoms with Crippen LogP contribution in [0.2, 0.25) is 0 Å². The van der Waals surface area contributed by atoms with Crippen molar-refractivity contribution in [1.29, 1.82) is 0 Å². The lowest BCUT2D eigenvalue weighted by atomic mass is 10.2. The van der Waals surface area contributed by atoms with Gasteiger partial charge in [0.2, 0.25) is 0 Å². The maximum Gasteiger partial charge on any atom is 0.297 e. The van der Waals surface area contributed by atoms with Gasteiger partial charge in [-0.3, -0.25) is 4.18 Å². The summed E-state index contributed by atoms with van der Waals surface area (Å²) in [6, 6.07) is 6.26. The van der Waals surface area contributed by atoms with Gasteiger partial charge in [0.1, 0.15) is 0 Å². The minimum Gasteiger partial charge on any atom is -0.382 e. The third kappa shape index (κ3) is 5.14. The smallest absolute Gasteiger partial charge is 0.297 e. The summed E-state index contributed by atoms with van der Waals surface area (Å²) in [4.78, 5) is 0.104. The van der Waals surface area contributed by atoms with E-state index < -0.39 is 10.1 Å². The normalized spacial score (nSPS) is 11.7. The van der Waals surface area contributed by atoms with E-state index in [2.05, 4.69) is 6.92 Å². The summed E-state index contributed by atoms with van der Waals surface area (Å²) in [5, 5.41) is 0. The summed E-state index contributed by atoms with van der Waals surface area (Å²) in [5.41, 5.74) is 0.621. The van der Waals surface area contributed by atoms with Crippen LogP contribution in [0.1, 0.15) is 5.56 Å². The first-order valence-electron chi connectivity index (χ1n) is 5.44. The van der Waals surface area contributed by atoms with Crippen molar-refractivity contribution in [3.63, 3.8) is 0 Å². The van der Waals surface area contributed by atoms with Gasteiger partial charge in [0.15, 0.2) is 0 Å². The lowest BCUT2D eigenvalue weighted by Crippen LogP contribution is -2.13. The van der Waals surface area contributed by atoms with Crippen LogP contribution in [0, 0.1) is 6.92 Å². The molecule has 0 aromatic heterocycles. The first kappa shape index (κ1) is 15.1. The van der Waals surface area contributed by atoms with E-state index in [-0.39, 0.29) is 18.1 Å². The van der Waals surface area contributed by atoms with Crippen molar-refractivity contribution >= 4 is 10.1 Å². The highest BCUT2D eigenvalue weighted by molar-refractivity contribution is 7.86. The van der Waals surface area contributed by atoms with E-state index in [1.54, 1.807) is 19.2 Å². The van der Waals surface area contributed by atoms with E-state index in [0.717, 1.165) is 0 Å². The summed E-state index contributed by atoms with van der Waals surface area (Å²) in [6.45, 7) is 4.73. The molecule has 0 aliphatic heterocycles. The molecule has 1 aromatic rings. The Labute approximate surface area is 108 Å². The first-order valence-corrected chi connectivity index (χ1v) is 6.85. The van der Waals surface area contributed by atoms with Crippen LogP contribution < -0.4 is 0 Å². The second-order valence-electron chi connectivity index (χ2n) is 3.53. The molecule has 1 rings (SSSR count). The standard InChI is InChI=1S/C12H17O5S/c1-11-4-3-5-12(10-11)18(13,14)17-9-8-16-7-6-15-2/h3-5,10H,1,6-9H2,2H3. The highest BCUT2D eigenvalue weighted by Crippen LogP contribution is 2.13. The van der Waals surface area contributed by atoms with E-state index in [4.69, 9.17) is 13.7 Å². The fourth-order valence-corrected chi connectivity index (χ4v) is 2.18. The van der Waals surface area contributed by atoms with Gasteiger partial charge in [-0.1, -0.05) is 12.1 Å². The minimum atomic E-state index is -3.73. The lowest BCUT2D eigenvalue weighted by Gasteiger charge is -2.07. The van der Waals surface area contributed by atoms with E-state index in [9.17, 15) is 8.42 Å². The molecule has 18 heavy (non-hydrogen) atoms. The second kappa shape index (κ2) is 7.48. The fraction of sp³-hybridized carbons (Fsp3) is 0.417. The average molecular weight is 273 g/mol. The van der Waals surface area contributed by atoms with Gasteiger partial charge in [-0.05, 0) is 24.6 Å². The highest BCUT2D eigenvalue weighted by Gasteiger charge is 2.14. The molecule has 6 heteroatoms. The molecule has 0 heterocycles. The molecule has 0 amide bonds. The molecular weight excluding hydrogens is 256 g/mol. The molecule has 0 saturated carbocycles. The van der Waals surface area contributed by atoms with Crippen molar-refractivity contribution in [1.82, 2.24) is 0 Å². The van der Waals surface area contributed by atoms with Gasteiger partial charge in [-0.25, -0.2) is 0 Å². The second-order valence-corrected chi connectivity index (χ2v) is 5.14. The Morgan fingerprint density at radius 3 is 2.56 bits per heavy atom. The average Bonchev–Trinajstić information content (AvgIpc) is 2.33. The predicted molar refractivity (Wildman–Crippen MR) is 66.7 cm³/mol. The maximum atomic E-state index is 11.7. The van der Waals surface area contributed by atoms with E-state index in [1.165, 1.54) is 12.1 Å². The number of hydrogen-bond donors (Lipinski definition) is 0. The topological polar surface area (TPSA) is 61.8 Å². The van der Waals surface area contributed by atoms with E-state index in [0.29, 0.717) is 18.8 Å². The first-order chi connectivity index (χ1) is 8.56. The molecule has 0 atom stereocenters. The third-order valence-electron chi connectivity index (χ3n) is 2.09. The highest BCUT2D eigenvalue weighted by atomic mass is 32.2. The number of ether oxygens (including phenoxy) is 2. The summed E-state index contributed by atoms with van der Waals surface area (Å²) in [5.74, 6) is 0. The zero-order valence-corrected chi connectivity index (χ0v) is 11.1. The third-order valence-corrected chi connectivity index (χ3v) is 3.39. The molecule has 0 spiro atoms. The van der Waals surface area contributed by atoms with Crippen molar-refractivity contribution < 1.29 is 22.1 Å². The van der Waals surface area contributed by atoms with Crippen LogP contribution in [0.4, 0.5) is 0 Å². The van der Waals surface area contributed by atoms with Gasteiger partial charge in [-0.15, -0.1) is 0 Å². The van der Waals surface area contributed by atoms with Crippen LogP contribution in [-0.2, 0) is 23.8 Å². The lowest BCUT2D eigenvalue weighted by molar-refractivity contribution is 0.0554. The van der Waals surface area contributed by atoms with Crippen LogP contribution in [0.3, 0.4) is 0 Å². The van der Waals surface area contributed by atoms with Gasteiger partial charge in [0.25, 0.3) is 10.1 Å². The SMILES string of the molecule is [CH2]c1cccc(S(=O)(=O)OCCOCCOC)c1. The molecule has 0 N–H and O–H groups in total. The van der Waals surface area contributed by atoms with Crippen molar-refractivity contribution in [2.75, 3.05) is 33.5 Å². The summed E-state index contributed by atoms with van der Waals surface area (Å²) in [6.07, 6.45) is 0. The quantitative estimate of drug-likeness (QED) is 0.527. The largest absolute Gasteiger partial charge is 0.382 e. The molecule has 1 aromatic carbocycles. The number of hydrogen-bond acceptors (Lipinski definition) is 5. The number of rotatable bonds is 8. The Bertz CT molecular complexity index is 455. The van der Waals surface area contributed by atoms with Crippen LogP contribution in [0.5, 0.6) is 0 Å². The van der Waals surface area contributed by atoms with Gasteiger partial charge in [0.05, 0.1) is 31.3 Å². The number of methoxy groups -OCH3 is 1. The Kier molecular flexibility index (Phi) is 6.28. The number of benzene rings is 1. The van der Waals surface area contributed by atoms with Gasteiger partial charge in [0, 0.05) is 7.11 Å². The molecule has 0 aliphatic carbocycles. The molecule has 0 saturated heterocycles. The zero-order valence-electron chi connectivity index (χ0n) is 10.3. The molecule has 0 aliphatic rings. The summed E-state index contributed by atoms with van der Waals surface area (Å²) < 4.78 is 38.2. The molecular formula is C12H17O5S. The van der Waals surface area contributed by atoms with Crippen molar-refractivity contribution in [2.24, 2.45) is 0 Å². The zero-order chi connectivity index (χ0) is 13.4. The van der Waals surface area contributed by atoms with E-state index in [1.807, 2.05) is 0 Å². The Morgan fingerprint density at radius 1 is 1.17 bits per heavy atom. The predicted octanol–water partition coefficient (Wildman–Crippen LogP) is 1.24. The Hall–Kier alpha value is -0.950. The summed E-state index contributed by atoms with van der Waals surface area (Å²) >= 11 is 0. The molecule has 1 radical (unpaired) electrons. The minimum absolute atomic E-state index is 0.0204. The van der Waals surface area contributed by atoms with Crippen LogP contribution in [0.25, 0.3) is 0 Å². The Balaban J connectivity index is 2.41. The van der Waals surface area contributed by atoms with Crippen LogP contribution >= 0.6 is 0 Å². The Morgan fingerprint density at radius 2 is 1.89 bits per heavy atom. The monoisotopic (exact) mass is 273 g/mol. The van der Waals surface area contributed by atoms with Crippen molar-refractivity contribution in [3.05, 3.63) is 36.8 Å². The van der Waals surface area contributed by atoms with Crippen molar-refractivity contribution in [2.45, 2.75) is 4.90 Å². The van der Waals surface area contributed by atoms with Crippen molar-refractivity contribution in [3.8, 4) is 0 Å². The molecule has 0 bridgehead atoms. The molecule has 101 valence electrons. The fourth-order valence-electron chi connectivity index (χ4n) is 1.22. The molecule has 0 unspecified atom stereocenters. The summed E-state index contributed by atoms with van der Waals surface area (Å²) in [7, 11) is -2.16. The molecule has 0 fully saturated rings. The van der Waals surface area contributed by atoms with Gasteiger partial charge >= 0.3 is 0 Å².